The van der Waals surface area contributed by atoms with Crippen LogP contribution in [0.25, 0.3) is 0 Å². The maximum Gasteiger partial charge on any atom is 0.251 e. The molecule has 96 valence electrons. The predicted octanol–water partition coefficient (Wildman–Crippen LogP) is 3.48. The normalized spacial score (nSPS) is 20.9. The molecule has 2 nitrogen and oxygen atoms in total. The standard InChI is InChI=1S/C16H14BrNO/c17-14-10-12-8-4-5-9-13(12)15(14)18-16(19)11-6-2-1-3-7-11/h1-9,14-15H,10H2,(H,18,19). The molecule has 0 saturated heterocycles. The fraction of sp³-hybridized carbons (Fsp3) is 0.188. The molecule has 0 aliphatic heterocycles. The predicted molar refractivity (Wildman–Crippen MR) is 79.5 cm³/mol. The molecule has 0 aromatic heterocycles. The van der Waals surface area contributed by atoms with E-state index in [2.05, 4.69) is 33.4 Å². The summed E-state index contributed by atoms with van der Waals surface area (Å²) in [6.45, 7) is 0. The van der Waals surface area contributed by atoms with Crippen molar-refractivity contribution in [2.75, 3.05) is 0 Å². The van der Waals surface area contributed by atoms with Gasteiger partial charge in [-0.1, -0.05) is 58.4 Å². The Labute approximate surface area is 121 Å². The van der Waals surface area contributed by atoms with E-state index >= 15 is 0 Å². The van der Waals surface area contributed by atoms with Crippen molar-refractivity contribution >= 4 is 21.8 Å². The van der Waals surface area contributed by atoms with E-state index in [0.717, 1.165) is 6.42 Å². The van der Waals surface area contributed by atoms with E-state index in [1.165, 1.54) is 11.1 Å². The number of nitrogens with one attached hydrogen (secondary N) is 1. The molecule has 1 aliphatic carbocycles. The van der Waals surface area contributed by atoms with Gasteiger partial charge in [0.05, 0.1) is 6.04 Å². The molecule has 19 heavy (non-hydrogen) atoms. The molecule has 0 heterocycles. The zero-order chi connectivity index (χ0) is 13.2. The highest BCUT2D eigenvalue weighted by Crippen LogP contribution is 2.35. The van der Waals surface area contributed by atoms with Crippen molar-refractivity contribution in [1.82, 2.24) is 5.32 Å². The fourth-order valence-electron chi connectivity index (χ4n) is 2.53. The summed E-state index contributed by atoms with van der Waals surface area (Å²) in [5.41, 5.74) is 3.22. The van der Waals surface area contributed by atoms with E-state index < -0.39 is 0 Å². The molecule has 1 aliphatic rings. The lowest BCUT2D eigenvalue weighted by Crippen LogP contribution is -2.31. The molecule has 1 amide bonds. The van der Waals surface area contributed by atoms with Gasteiger partial charge in [-0.2, -0.15) is 0 Å². The van der Waals surface area contributed by atoms with Crippen LogP contribution in [0.2, 0.25) is 0 Å². The van der Waals surface area contributed by atoms with E-state index in [0.29, 0.717) is 5.56 Å². The van der Waals surface area contributed by atoms with Crippen LogP contribution in [0.4, 0.5) is 0 Å². The number of carbonyl (C=O) groups is 1. The summed E-state index contributed by atoms with van der Waals surface area (Å²) < 4.78 is 0. The van der Waals surface area contributed by atoms with Crippen LogP contribution in [0.1, 0.15) is 27.5 Å². The Kier molecular flexibility index (Phi) is 3.38. The van der Waals surface area contributed by atoms with Crippen LogP contribution in [0, 0.1) is 0 Å². The zero-order valence-corrected chi connectivity index (χ0v) is 11.9. The van der Waals surface area contributed by atoms with Crippen LogP contribution in [0.15, 0.2) is 54.6 Å². The Hall–Kier alpha value is -1.61. The third-order valence-electron chi connectivity index (χ3n) is 3.49. The second-order valence-corrected chi connectivity index (χ2v) is 5.91. The number of halogens is 1. The van der Waals surface area contributed by atoms with Crippen molar-refractivity contribution in [2.45, 2.75) is 17.3 Å². The maximum absolute atomic E-state index is 12.2. The Morgan fingerprint density at radius 1 is 1.05 bits per heavy atom. The first-order valence-corrected chi connectivity index (χ1v) is 7.25. The molecule has 2 atom stereocenters. The number of hydrogen-bond donors (Lipinski definition) is 1. The SMILES string of the molecule is O=C(NC1c2ccccc2CC1Br)c1ccccc1. The van der Waals surface area contributed by atoms with Crippen LogP contribution in [-0.2, 0) is 6.42 Å². The second-order valence-electron chi connectivity index (χ2n) is 4.74. The van der Waals surface area contributed by atoms with Crippen molar-refractivity contribution in [3.63, 3.8) is 0 Å². The minimum Gasteiger partial charge on any atom is -0.344 e. The number of rotatable bonds is 2. The summed E-state index contributed by atoms with van der Waals surface area (Å²) in [6.07, 6.45) is 0.954. The van der Waals surface area contributed by atoms with Gasteiger partial charge in [0.25, 0.3) is 5.91 Å². The van der Waals surface area contributed by atoms with Gasteiger partial charge in [0.15, 0.2) is 0 Å². The molecule has 2 unspecified atom stereocenters. The van der Waals surface area contributed by atoms with Gasteiger partial charge in [-0.25, -0.2) is 0 Å². The fourth-order valence-corrected chi connectivity index (χ4v) is 3.29. The molecule has 0 bridgehead atoms. The molecule has 2 aromatic carbocycles. The minimum absolute atomic E-state index is 0.0215. The number of fused-ring (bicyclic) bond motifs is 1. The lowest BCUT2D eigenvalue weighted by Gasteiger charge is -2.17. The highest BCUT2D eigenvalue weighted by atomic mass is 79.9. The van der Waals surface area contributed by atoms with Crippen LogP contribution in [0.3, 0.4) is 0 Å². The van der Waals surface area contributed by atoms with E-state index in [9.17, 15) is 4.79 Å². The van der Waals surface area contributed by atoms with Gasteiger partial charge in [-0.3, -0.25) is 4.79 Å². The van der Waals surface area contributed by atoms with Crippen LogP contribution < -0.4 is 5.32 Å². The maximum atomic E-state index is 12.2. The second kappa shape index (κ2) is 5.17. The highest BCUT2D eigenvalue weighted by Gasteiger charge is 2.31. The van der Waals surface area contributed by atoms with Crippen molar-refractivity contribution in [3.05, 3.63) is 71.3 Å². The summed E-state index contributed by atoms with van der Waals surface area (Å²) >= 11 is 3.67. The van der Waals surface area contributed by atoms with Crippen molar-refractivity contribution < 1.29 is 4.79 Å². The van der Waals surface area contributed by atoms with Gasteiger partial charge >= 0.3 is 0 Å². The lowest BCUT2D eigenvalue weighted by molar-refractivity contribution is 0.0938. The first kappa shape index (κ1) is 12.4. The molecule has 3 rings (SSSR count). The minimum atomic E-state index is -0.0215. The van der Waals surface area contributed by atoms with E-state index in [4.69, 9.17) is 0 Å². The Bertz CT molecular complexity index is 597. The molecule has 1 N–H and O–H groups in total. The monoisotopic (exact) mass is 315 g/mol. The molecule has 2 aromatic rings. The van der Waals surface area contributed by atoms with Gasteiger partial charge in [-0.15, -0.1) is 0 Å². The Morgan fingerprint density at radius 2 is 1.74 bits per heavy atom. The highest BCUT2D eigenvalue weighted by molar-refractivity contribution is 9.09. The summed E-state index contributed by atoms with van der Waals surface area (Å²) in [5.74, 6) is -0.0215. The molecule has 0 radical (unpaired) electrons. The van der Waals surface area contributed by atoms with E-state index in [1.54, 1.807) is 0 Å². The average molecular weight is 316 g/mol. The average Bonchev–Trinajstić information content (AvgIpc) is 2.76. The Balaban J connectivity index is 1.82. The zero-order valence-electron chi connectivity index (χ0n) is 10.3. The number of benzene rings is 2. The third kappa shape index (κ3) is 2.43. The lowest BCUT2D eigenvalue weighted by atomic mass is 10.1. The topological polar surface area (TPSA) is 29.1 Å². The van der Waals surface area contributed by atoms with Gasteiger partial charge in [0.2, 0.25) is 0 Å². The summed E-state index contributed by atoms with van der Waals surface area (Å²) in [5, 5.41) is 3.12. The Morgan fingerprint density at radius 3 is 2.53 bits per heavy atom. The number of hydrogen-bond acceptors (Lipinski definition) is 1. The van der Waals surface area contributed by atoms with Crippen molar-refractivity contribution in [3.8, 4) is 0 Å². The summed E-state index contributed by atoms with van der Waals surface area (Å²) in [6, 6.07) is 17.7. The molecular formula is C16H14BrNO. The van der Waals surface area contributed by atoms with E-state index in [-0.39, 0.29) is 16.8 Å². The number of carbonyl (C=O) groups excluding carboxylic acids is 1. The van der Waals surface area contributed by atoms with Gasteiger partial charge < -0.3 is 5.32 Å². The smallest absolute Gasteiger partial charge is 0.251 e. The first-order valence-electron chi connectivity index (χ1n) is 6.33. The molecule has 0 spiro atoms. The number of amides is 1. The van der Waals surface area contributed by atoms with Crippen LogP contribution >= 0.6 is 15.9 Å². The quantitative estimate of drug-likeness (QED) is 0.845. The molecule has 0 saturated carbocycles. The van der Waals surface area contributed by atoms with Gasteiger partial charge in [0, 0.05) is 10.4 Å². The van der Waals surface area contributed by atoms with Crippen LogP contribution in [-0.4, -0.2) is 10.7 Å². The van der Waals surface area contributed by atoms with E-state index in [1.807, 2.05) is 42.5 Å². The largest absolute Gasteiger partial charge is 0.344 e. The van der Waals surface area contributed by atoms with Crippen molar-refractivity contribution in [1.29, 1.82) is 0 Å². The van der Waals surface area contributed by atoms with Gasteiger partial charge in [-0.05, 0) is 29.7 Å². The van der Waals surface area contributed by atoms with Crippen molar-refractivity contribution in [2.24, 2.45) is 0 Å². The molecular weight excluding hydrogens is 302 g/mol. The summed E-state index contributed by atoms with van der Waals surface area (Å²) in [4.78, 5) is 12.5. The van der Waals surface area contributed by atoms with Crippen LogP contribution in [0.5, 0.6) is 0 Å². The summed E-state index contributed by atoms with van der Waals surface area (Å²) in [7, 11) is 0. The van der Waals surface area contributed by atoms with Gasteiger partial charge in [0.1, 0.15) is 0 Å². The first-order chi connectivity index (χ1) is 9.25. The third-order valence-corrected chi connectivity index (χ3v) is 4.34. The molecule has 0 fully saturated rings. The molecule has 3 heteroatoms. The number of alkyl halides is 1.